The van der Waals surface area contributed by atoms with Gasteiger partial charge in [-0.3, -0.25) is 9.59 Å². The maximum absolute atomic E-state index is 12.1. The normalized spacial score (nSPS) is 33.1. The van der Waals surface area contributed by atoms with Crippen molar-refractivity contribution in [3.8, 4) is 0 Å². The standard InChI is InChI=1S/C15H25NO4/c1-3-19-14(17)10-5-6-13-12(9-10)11(7-8-16-13)15(18)20-4-2/h10-13,16H,3-9H2,1-2H3/t10-,11-,12-,13+/m1/s1. The first-order valence-corrected chi connectivity index (χ1v) is 7.74. The Morgan fingerprint density at radius 3 is 2.45 bits per heavy atom. The molecular formula is C15H25NO4. The molecular weight excluding hydrogens is 258 g/mol. The third kappa shape index (κ3) is 3.32. The van der Waals surface area contributed by atoms with E-state index in [4.69, 9.17) is 9.47 Å². The third-order valence-electron chi connectivity index (χ3n) is 4.49. The highest BCUT2D eigenvalue weighted by Crippen LogP contribution is 2.38. The predicted octanol–water partition coefficient (Wildman–Crippen LogP) is 1.51. The van der Waals surface area contributed by atoms with E-state index < -0.39 is 0 Å². The summed E-state index contributed by atoms with van der Waals surface area (Å²) in [5, 5.41) is 3.48. The van der Waals surface area contributed by atoms with Crippen LogP contribution in [0.1, 0.15) is 39.5 Å². The zero-order valence-electron chi connectivity index (χ0n) is 12.4. The molecule has 0 amide bonds. The van der Waals surface area contributed by atoms with Crippen molar-refractivity contribution < 1.29 is 19.1 Å². The van der Waals surface area contributed by atoms with Gasteiger partial charge in [0.15, 0.2) is 0 Å². The number of ether oxygens (including phenoxy) is 2. The monoisotopic (exact) mass is 283 g/mol. The van der Waals surface area contributed by atoms with Gasteiger partial charge in [0.1, 0.15) is 0 Å². The van der Waals surface area contributed by atoms with Gasteiger partial charge < -0.3 is 14.8 Å². The van der Waals surface area contributed by atoms with Crippen molar-refractivity contribution in [1.29, 1.82) is 0 Å². The number of hydrogen-bond acceptors (Lipinski definition) is 5. The number of carbonyl (C=O) groups is 2. The van der Waals surface area contributed by atoms with Crippen LogP contribution >= 0.6 is 0 Å². The molecule has 0 aromatic heterocycles. The molecule has 0 aromatic rings. The first-order valence-electron chi connectivity index (χ1n) is 7.74. The molecule has 5 nitrogen and oxygen atoms in total. The fourth-order valence-electron chi connectivity index (χ4n) is 3.56. The van der Waals surface area contributed by atoms with E-state index in [9.17, 15) is 9.59 Å². The Bertz CT molecular complexity index is 358. The summed E-state index contributed by atoms with van der Waals surface area (Å²) in [6.45, 7) is 5.35. The van der Waals surface area contributed by atoms with Crippen molar-refractivity contribution in [3.63, 3.8) is 0 Å². The molecule has 1 aliphatic heterocycles. The lowest BCUT2D eigenvalue weighted by atomic mass is 9.69. The van der Waals surface area contributed by atoms with E-state index in [1.807, 2.05) is 13.8 Å². The van der Waals surface area contributed by atoms with Crippen molar-refractivity contribution >= 4 is 11.9 Å². The molecule has 1 heterocycles. The number of nitrogens with one attached hydrogen (secondary N) is 1. The molecule has 0 bridgehead atoms. The van der Waals surface area contributed by atoms with Crippen LogP contribution in [0.25, 0.3) is 0 Å². The summed E-state index contributed by atoms with van der Waals surface area (Å²) in [6.07, 6.45) is 3.32. The average Bonchev–Trinajstić information content (AvgIpc) is 2.46. The van der Waals surface area contributed by atoms with Crippen molar-refractivity contribution in [3.05, 3.63) is 0 Å². The summed E-state index contributed by atoms with van der Waals surface area (Å²) < 4.78 is 10.3. The van der Waals surface area contributed by atoms with E-state index in [0.717, 1.165) is 32.2 Å². The number of hydrogen-bond donors (Lipinski definition) is 1. The molecule has 114 valence electrons. The molecule has 4 atom stereocenters. The number of carbonyl (C=O) groups excluding carboxylic acids is 2. The summed E-state index contributed by atoms with van der Waals surface area (Å²) >= 11 is 0. The Morgan fingerprint density at radius 1 is 1.05 bits per heavy atom. The lowest BCUT2D eigenvalue weighted by Gasteiger charge is -2.42. The molecule has 0 radical (unpaired) electrons. The molecule has 2 aliphatic rings. The Morgan fingerprint density at radius 2 is 1.75 bits per heavy atom. The molecule has 20 heavy (non-hydrogen) atoms. The lowest BCUT2D eigenvalue weighted by Crippen LogP contribution is -2.52. The smallest absolute Gasteiger partial charge is 0.309 e. The quantitative estimate of drug-likeness (QED) is 0.792. The number of rotatable bonds is 4. The highest BCUT2D eigenvalue weighted by molar-refractivity contribution is 5.74. The van der Waals surface area contributed by atoms with E-state index >= 15 is 0 Å². The Labute approximate surface area is 120 Å². The van der Waals surface area contributed by atoms with Crippen LogP contribution in [-0.2, 0) is 19.1 Å². The van der Waals surface area contributed by atoms with Crippen LogP contribution in [0, 0.1) is 17.8 Å². The van der Waals surface area contributed by atoms with Crippen molar-refractivity contribution in [2.75, 3.05) is 19.8 Å². The fourth-order valence-corrected chi connectivity index (χ4v) is 3.56. The van der Waals surface area contributed by atoms with Crippen molar-refractivity contribution in [2.24, 2.45) is 17.8 Å². The predicted molar refractivity (Wildman–Crippen MR) is 74.0 cm³/mol. The van der Waals surface area contributed by atoms with Crippen LogP contribution in [0.2, 0.25) is 0 Å². The van der Waals surface area contributed by atoms with Crippen LogP contribution in [0.4, 0.5) is 0 Å². The number of esters is 2. The minimum Gasteiger partial charge on any atom is -0.466 e. The maximum Gasteiger partial charge on any atom is 0.309 e. The zero-order chi connectivity index (χ0) is 14.5. The Balaban J connectivity index is 2.02. The van der Waals surface area contributed by atoms with Gasteiger partial charge in [-0.15, -0.1) is 0 Å². The van der Waals surface area contributed by atoms with Crippen molar-refractivity contribution in [1.82, 2.24) is 5.32 Å². The second-order valence-corrected chi connectivity index (χ2v) is 5.63. The van der Waals surface area contributed by atoms with Gasteiger partial charge in [-0.05, 0) is 52.0 Å². The minimum atomic E-state index is -0.112. The topological polar surface area (TPSA) is 64.6 Å². The van der Waals surface area contributed by atoms with Gasteiger partial charge in [-0.2, -0.15) is 0 Å². The van der Waals surface area contributed by atoms with Gasteiger partial charge in [0, 0.05) is 6.04 Å². The summed E-state index contributed by atoms with van der Waals surface area (Å²) in [5.41, 5.74) is 0. The summed E-state index contributed by atoms with van der Waals surface area (Å²) in [7, 11) is 0. The summed E-state index contributed by atoms with van der Waals surface area (Å²) in [6, 6.07) is 0.337. The van der Waals surface area contributed by atoms with Crippen LogP contribution in [-0.4, -0.2) is 37.7 Å². The van der Waals surface area contributed by atoms with Gasteiger partial charge in [-0.1, -0.05) is 0 Å². The van der Waals surface area contributed by atoms with Crippen LogP contribution in [0.3, 0.4) is 0 Å². The van der Waals surface area contributed by atoms with E-state index in [1.165, 1.54) is 0 Å². The molecule has 0 aromatic carbocycles. The number of fused-ring (bicyclic) bond motifs is 1. The first-order chi connectivity index (χ1) is 9.67. The molecule has 1 aliphatic carbocycles. The molecule has 0 spiro atoms. The van der Waals surface area contributed by atoms with E-state index in [0.29, 0.717) is 19.3 Å². The van der Waals surface area contributed by atoms with Gasteiger partial charge in [0.25, 0.3) is 0 Å². The van der Waals surface area contributed by atoms with Gasteiger partial charge in [0.05, 0.1) is 25.0 Å². The average molecular weight is 283 g/mol. The largest absolute Gasteiger partial charge is 0.466 e. The molecule has 1 saturated carbocycles. The summed E-state index contributed by atoms with van der Waals surface area (Å²) in [5.74, 6) is -0.148. The Hall–Kier alpha value is -1.10. The maximum atomic E-state index is 12.1. The molecule has 2 rings (SSSR count). The van der Waals surface area contributed by atoms with Crippen LogP contribution in [0.15, 0.2) is 0 Å². The SMILES string of the molecule is CCOC(=O)[C@@H]1CC[C@@H]2NCC[C@@H](C(=O)OCC)[C@H]2C1. The van der Waals surface area contributed by atoms with Crippen molar-refractivity contribution in [2.45, 2.75) is 45.6 Å². The molecule has 2 fully saturated rings. The molecule has 5 heteroatoms. The van der Waals surface area contributed by atoms with E-state index in [2.05, 4.69) is 5.32 Å². The Kier molecular flexibility index (Phi) is 5.40. The van der Waals surface area contributed by atoms with E-state index in [1.54, 1.807) is 0 Å². The second-order valence-electron chi connectivity index (χ2n) is 5.63. The highest BCUT2D eigenvalue weighted by Gasteiger charge is 2.43. The van der Waals surface area contributed by atoms with E-state index in [-0.39, 0.29) is 29.7 Å². The summed E-state index contributed by atoms with van der Waals surface area (Å²) in [4.78, 5) is 24.0. The highest BCUT2D eigenvalue weighted by atomic mass is 16.5. The van der Waals surface area contributed by atoms with Crippen LogP contribution in [0.5, 0.6) is 0 Å². The minimum absolute atomic E-state index is 0.0620. The van der Waals surface area contributed by atoms with Crippen LogP contribution < -0.4 is 5.32 Å². The molecule has 0 unspecified atom stereocenters. The van der Waals surface area contributed by atoms with Gasteiger partial charge in [0.2, 0.25) is 0 Å². The fraction of sp³-hybridized carbons (Fsp3) is 0.867. The first kappa shape index (κ1) is 15.3. The number of piperidine rings is 1. The molecule has 1 N–H and O–H groups in total. The third-order valence-corrected chi connectivity index (χ3v) is 4.49. The van der Waals surface area contributed by atoms with Gasteiger partial charge in [-0.25, -0.2) is 0 Å². The second kappa shape index (κ2) is 7.07. The zero-order valence-corrected chi connectivity index (χ0v) is 12.4. The lowest BCUT2D eigenvalue weighted by molar-refractivity contribution is -0.157. The van der Waals surface area contributed by atoms with Gasteiger partial charge >= 0.3 is 11.9 Å². The molecule has 1 saturated heterocycles.